The Bertz CT molecular complexity index is 2550. The number of furan rings is 1. The Hall–Kier alpha value is -6.45. The maximum atomic E-state index is 6.57. The minimum atomic E-state index is 0.868. The third-order valence-electron chi connectivity index (χ3n) is 9.13. The van der Waals surface area contributed by atoms with Crippen LogP contribution in [-0.4, -0.2) is 4.98 Å². The average molecular weight is 615 g/mol. The second-order valence-corrected chi connectivity index (χ2v) is 12.0. The van der Waals surface area contributed by atoms with Gasteiger partial charge in [-0.05, 0) is 81.6 Å². The summed E-state index contributed by atoms with van der Waals surface area (Å²) in [6.45, 7) is 0. The van der Waals surface area contributed by atoms with Crippen molar-refractivity contribution in [1.82, 2.24) is 4.98 Å². The molecule has 0 saturated heterocycles. The van der Waals surface area contributed by atoms with Crippen molar-refractivity contribution < 1.29 is 4.42 Å². The number of rotatable bonds is 6. The topological polar surface area (TPSA) is 29.3 Å². The first-order valence-corrected chi connectivity index (χ1v) is 16.2. The highest BCUT2D eigenvalue weighted by Gasteiger charge is 2.18. The Morgan fingerprint density at radius 1 is 0.438 bits per heavy atom. The summed E-state index contributed by atoms with van der Waals surface area (Å²) in [5.74, 6) is 0. The number of benzene rings is 7. The highest BCUT2D eigenvalue weighted by atomic mass is 16.3. The van der Waals surface area contributed by atoms with Gasteiger partial charge in [0.05, 0.1) is 0 Å². The van der Waals surface area contributed by atoms with E-state index in [-0.39, 0.29) is 0 Å². The predicted molar refractivity (Wildman–Crippen MR) is 200 cm³/mol. The summed E-state index contributed by atoms with van der Waals surface area (Å²) < 4.78 is 6.57. The van der Waals surface area contributed by atoms with Gasteiger partial charge in [-0.25, -0.2) is 0 Å². The van der Waals surface area contributed by atoms with Crippen molar-refractivity contribution in [3.63, 3.8) is 0 Å². The van der Waals surface area contributed by atoms with Crippen LogP contribution in [0.4, 0.5) is 17.1 Å². The molecule has 0 unspecified atom stereocenters. The Labute approximate surface area is 279 Å². The monoisotopic (exact) mass is 614 g/mol. The van der Waals surface area contributed by atoms with Gasteiger partial charge in [0.1, 0.15) is 11.2 Å². The number of anilines is 3. The smallest absolute Gasteiger partial charge is 0.143 e. The van der Waals surface area contributed by atoms with E-state index < -0.39 is 0 Å². The van der Waals surface area contributed by atoms with E-state index in [2.05, 4.69) is 174 Å². The fourth-order valence-electron chi connectivity index (χ4n) is 6.85. The first-order valence-electron chi connectivity index (χ1n) is 16.2. The van der Waals surface area contributed by atoms with Crippen LogP contribution in [0.1, 0.15) is 0 Å². The van der Waals surface area contributed by atoms with Crippen LogP contribution in [0, 0.1) is 0 Å². The van der Waals surface area contributed by atoms with Gasteiger partial charge in [0, 0.05) is 51.4 Å². The average Bonchev–Trinajstić information content (AvgIpc) is 3.55. The van der Waals surface area contributed by atoms with Gasteiger partial charge in [-0.15, -0.1) is 0 Å². The van der Waals surface area contributed by atoms with E-state index in [4.69, 9.17) is 4.42 Å². The Kier molecular flexibility index (Phi) is 6.80. The van der Waals surface area contributed by atoms with Gasteiger partial charge in [0.2, 0.25) is 0 Å². The van der Waals surface area contributed by atoms with E-state index >= 15 is 0 Å². The zero-order valence-electron chi connectivity index (χ0n) is 26.1. The van der Waals surface area contributed by atoms with Crippen LogP contribution in [-0.2, 0) is 0 Å². The van der Waals surface area contributed by atoms with Crippen molar-refractivity contribution in [1.29, 1.82) is 0 Å². The normalized spacial score (nSPS) is 11.3. The van der Waals surface area contributed by atoms with Crippen molar-refractivity contribution in [3.8, 4) is 33.4 Å². The summed E-state index contributed by atoms with van der Waals surface area (Å²) in [4.78, 5) is 6.70. The molecule has 0 aliphatic heterocycles. The largest absolute Gasteiger partial charge is 0.455 e. The molecule has 9 aromatic rings. The van der Waals surface area contributed by atoms with Gasteiger partial charge >= 0.3 is 0 Å². The zero-order chi connectivity index (χ0) is 31.9. The van der Waals surface area contributed by atoms with E-state index in [9.17, 15) is 0 Å². The van der Waals surface area contributed by atoms with Crippen LogP contribution in [0.2, 0.25) is 0 Å². The van der Waals surface area contributed by atoms with Crippen molar-refractivity contribution in [2.45, 2.75) is 0 Å². The molecule has 7 aromatic carbocycles. The van der Waals surface area contributed by atoms with Gasteiger partial charge in [-0.3, -0.25) is 4.98 Å². The third-order valence-corrected chi connectivity index (χ3v) is 9.13. The molecule has 0 spiro atoms. The second-order valence-electron chi connectivity index (χ2n) is 12.0. The van der Waals surface area contributed by atoms with Gasteiger partial charge in [-0.1, -0.05) is 121 Å². The Balaban J connectivity index is 1.20. The molecular formula is C45H30N2O. The highest BCUT2D eigenvalue weighted by molar-refractivity contribution is 6.15. The molecule has 2 heterocycles. The molecule has 3 heteroatoms. The van der Waals surface area contributed by atoms with Crippen molar-refractivity contribution in [2.24, 2.45) is 0 Å². The zero-order valence-corrected chi connectivity index (χ0v) is 26.1. The summed E-state index contributed by atoms with van der Waals surface area (Å²) in [7, 11) is 0. The quantitative estimate of drug-likeness (QED) is 0.187. The number of fused-ring (bicyclic) bond motifs is 4. The number of para-hydroxylation sites is 1. The molecule has 0 amide bonds. The first-order chi connectivity index (χ1) is 23.8. The van der Waals surface area contributed by atoms with Gasteiger partial charge < -0.3 is 9.32 Å². The molecule has 0 saturated carbocycles. The molecule has 48 heavy (non-hydrogen) atoms. The van der Waals surface area contributed by atoms with Crippen LogP contribution in [0.15, 0.2) is 187 Å². The molecule has 0 aliphatic carbocycles. The molecule has 3 nitrogen and oxygen atoms in total. The molecule has 0 fully saturated rings. The van der Waals surface area contributed by atoms with Crippen LogP contribution in [0.25, 0.3) is 66.1 Å². The van der Waals surface area contributed by atoms with E-state index in [0.29, 0.717) is 0 Å². The number of pyridine rings is 1. The summed E-state index contributed by atoms with van der Waals surface area (Å²) in [5.41, 5.74) is 11.7. The fourth-order valence-corrected chi connectivity index (χ4v) is 6.85. The maximum Gasteiger partial charge on any atom is 0.143 e. The standard InChI is InChI=1S/C45H30N2O/c1-2-10-31(11-3-1)33-21-24-37(25-22-33)47(39-26-23-32-12-4-5-13-34(32)28-39)38-16-6-14-35(29-38)40-17-8-20-43-44(40)42-19-7-18-41(45(42)48-43)36-15-9-27-46-30-36/h1-30H. The minimum Gasteiger partial charge on any atom is -0.455 e. The minimum absolute atomic E-state index is 0.868. The lowest BCUT2D eigenvalue weighted by molar-refractivity contribution is 0.670. The van der Waals surface area contributed by atoms with Crippen LogP contribution >= 0.6 is 0 Å². The first kappa shape index (κ1) is 27.8. The molecule has 0 aliphatic rings. The Morgan fingerprint density at radius 3 is 1.98 bits per heavy atom. The number of hydrogen-bond donors (Lipinski definition) is 0. The molecule has 9 rings (SSSR count). The summed E-state index contributed by atoms with van der Waals surface area (Å²) in [6, 6.07) is 60.2. The van der Waals surface area contributed by atoms with Crippen molar-refractivity contribution >= 4 is 49.8 Å². The molecule has 0 N–H and O–H groups in total. The van der Waals surface area contributed by atoms with Crippen LogP contribution < -0.4 is 4.90 Å². The van der Waals surface area contributed by atoms with Gasteiger partial charge in [0.15, 0.2) is 0 Å². The van der Waals surface area contributed by atoms with E-state index in [1.165, 1.54) is 21.9 Å². The second kappa shape index (κ2) is 11.7. The van der Waals surface area contributed by atoms with Crippen LogP contribution in [0.5, 0.6) is 0 Å². The summed E-state index contributed by atoms with van der Waals surface area (Å²) >= 11 is 0. The maximum absolute atomic E-state index is 6.57. The molecule has 2 aromatic heterocycles. The molecule has 0 atom stereocenters. The van der Waals surface area contributed by atoms with Crippen molar-refractivity contribution in [3.05, 3.63) is 182 Å². The third kappa shape index (κ3) is 4.90. The van der Waals surface area contributed by atoms with Gasteiger partial charge in [-0.2, -0.15) is 0 Å². The lowest BCUT2D eigenvalue weighted by Crippen LogP contribution is -2.10. The predicted octanol–water partition coefficient (Wildman–Crippen LogP) is 12.6. The Morgan fingerprint density at radius 2 is 1.12 bits per heavy atom. The molecular weight excluding hydrogens is 585 g/mol. The lowest BCUT2D eigenvalue weighted by atomic mass is 9.97. The fraction of sp³-hybridized carbons (Fsp3) is 0. The number of aromatic nitrogens is 1. The molecule has 0 bridgehead atoms. The SMILES string of the molecule is c1ccc(-c2ccc(N(c3cccc(-c4cccc5oc6c(-c7cccnc7)cccc6c45)c3)c3ccc4ccccc4c3)cc2)cc1. The van der Waals surface area contributed by atoms with E-state index in [1.807, 2.05) is 12.3 Å². The lowest BCUT2D eigenvalue weighted by Gasteiger charge is -2.26. The van der Waals surface area contributed by atoms with E-state index in [0.717, 1.165) is 61.3 Å². The molecule has 0 radical (unpaired) electrons. The summed E-state index contributed by atoms with van der Waals surface area (Å²) in [6.07, 6.45) is 3.69. The van der Waals surface area contributed by atoms with E-state index in [1.54, 1.807) is 6.20 Å². The molecule has 226 valence electrons. The number of hydrogen-bond acceptors (Lipinski definition) is 3. The number of nitrogens with zero attached hydrogens (tertiary/aromatic N) is 2. The van der Waals surface area contributed by atoms with Crippen LogP contribution in [0.3, 0.4) is 0 Å². The highest BCUT2D eigenvalue weighted by Crippen LogP contribution is 2.43. The summed E-state index contributed by atoms with van der Waals surface area (Å²) in [5, 5.41) is 4.63. The van der Waals surface area contributed by atoms with Gasteiger partial charge in [0.25, 0.3) is 0 Å². The van der Waals surface area contributed by atoms with Crippen molar-refractivity contribution in [2.75, 3.05) is 4.90 Å².